The lowest BCUT2D eigenvalue weighted by Gasteiger charge is -2.06. The molecule has 2 heterocycles. The number of methoxy groups -OCH3 is 1. The van der Waals surface area contributed by atoms with Crippen LogP contribution in [0.4, 0.5) is 0 Å². The fourth-order valence-corrected chi connectivity index (χ4v) is 1.74. The van der Waals surface area contributed by atoms with Gasteiger partial charge in [0, 0.05) is 6.07 Å². The van der Waals surface area contributed by atoms with Gasteiger partial charge in [-0.2, -0.15) is 14.8 Å². The highest BCUT2D eigenvalue weighted by Gasteiger charge is 2.14. The van der Waals surface area contributed by atoms with Crippen LogP contribution in [0.25, 0.3) is 5.82 Å². The van der Waals surface area contributed by atoms with Gasteiger partial charge in [0.25, 0.3) is 5.56 Å². The molecule has 0 saturated heterocycles. The van der Waals surface area contributed by atoms with E-state index in [0.717, 1.165) is 4.68 Å². The molecule has 0 fully saturated rings. The maximum atomic E-state index is 12.0. The van der Waals surface area contributed by atoms with Crippen molar-refractivity contribution in [3.8, 4) is 11.7 Å². The lowest BCUT2D eigenvalue weighted by atomic mass is 10.2. The first kappa shape index (κ1) is 13.2. The van der Waals surface area contributed by atoms with Gasteiger partial charge in [-0.3, -0.25) is 9.59 Å². The van der Waals surface area contributed by atoms with Crippen molar-refractivity contribution in [3.63, 3.8) is 0 Å². The predicted molar refractivity (Wildman–Crippen MR) is 69.2 cm³/mol. The zero-order valence-corrected chi connectivity index (χ0v) is 11.0. The number of carbonyl (C=O) groups excluding carboxylic acids is 1. The summed E-state index contributed by atoms with van der Waals surface area (Å²) in [6.45, 7) is 1.32. The van der Waals surface area contributed by atoms with Crippen molar-refractivity contribution in [2.45, 2.75) is 6.92 Å². The molecular weight excluding hydrogens is 270 g/mol. The van der Waals surface area contributed by atoms with Crippen LogP contribution in [-0.2, 0) is 0 Å². The second kappa shape index (κ2) is 5.19. The van der Waals surface area contributed by atoms with Crippen molar-refractivity contribution < 1.29 is 9.53 Å². The Balaban J connectivity index is 2.61. The molecule has 2 rings (SSSR count). The van der Waals surface area contributed by atoms with Gasteiger partial charge in [-0.05, 0) is 13.0 Å². The molecule has 2 aromatic rings. The maximum Gasteiger partial charge on any atom is 0.292 e. The molecular formula is C12H10ClN3O3. The summed E-state index contributed by atoms with van der Waals surface area (Å²) in [4.78, 5) is 27.4. The van der Waals surface area contributed by atoms with Crippen molar-refractivity contribution in [1.29, 1.82) is 0 Å². The minimum Gasteiger partial charge on any atom is -0.481 e. The standard InChI is InChI=1S/C12H10ClN3O3/c1-7(17)8-6-14-16(12(18)11(8)13)9-4-3-5-10(15-9)19-2/h3-6H,1-2H3. The van der Waals surface area contributed by atoms with Crippen molar-refractivity contribution in [1.82, 2.24) is 14.8 Å². The van der Waals surface area contributed by atoms with Gasteiger partial charge >= 0.3 is 0 Å². The molecule has 0 spiro atoms. The number of hydrogen-bond donors (Lipinski definition) is 0. The maximum absolute atomic E-state index is 12.0. The molecule has 0 N–H and O–H groups in total. The predicted octanol–water partition coefficient (Wildman–Crippen LogP) is 1.49. The molecule has 0 aliphatic carbocycles. The summed E-state index contributed by atoms with van der Waals surface area (Å²) >= 11 is 5.86. The third kappa shape index (κ3) is 2.48. The van der Waals surface area contributed by atoms with E-state index >= 15 is 0 Å². The van der Waals surface area contributed by atoms with Crippen molar-refractivity contribution in [3.05, 3.63) is 45.3 Å². The Morgan fingerprint density at radius 1 is 1.42 bits per heavy atom. The van der Waals surface area contributed by atoms with E-state index in [1.54, 1.807) is 18.2 Å². The SMILES string of the molecule is COc1cccc(-n2ncc(C(C)=O)c(Cl)c2=O)n1. The summed E-state index contributed by atoms with van der Waals surface area (Å²) in [6, 6.07) is 4.89. The van der Waals surface area contributed by atoms with Crippen LogP contribution in [-0.4, -0.2) is 27.7 Å². The van der Waals surface area contributed by atoms with E-state index in [0.29, 0.717) is 5.88 Å². The van der Waals surface area contributed by atoms with Gasteiger partial charge in [0.1, 0.15) is 5.02 Å². The molecule has 19 heavy (non-hydrogen) atoms. The number of hydrogen-bond acceptors (Lipinski definition) is 5. The first-order valence-corrected chi connectivity index (χ1v) is 5.72. The van der Waals surface area contributed by atoms with E-state index in [-0.39, 0.29) is 22.2 Å². The third-order valence-electron chi connectivity index (χ3n) is 2.43. The summed E-state index contributed by atoms with van der Waals surface area (Å²) in [5.74, 6) is 0.291. The number of halogens is 1. The monoisotopic (exact) mass is 279 g/mol. The number of pyridine rings is 1. The molecule has 0 aliphatic heterocycles. The van der Waals surface area contributed by atoms with Gasteiger partial charge < -0.3 is 4.74 Å². The summed E-state index contributed by atoms with van der Waals surface area (Å²) in [7, 11) is 1.47. The number of ketones is 1. The normalized spacial score (nSPS) is 10.3. The van der Waals surface area contributed by atoms with Crippen molar-refractivity contribution in [2.24, 2.45) is 0 Å². The van der Waals surface area contributed by atoms with Crippen LogP contribution in [0.1, 0.15) is 17.3 Å². The fourth-order valence-electron chi connectivity index (χ4n) is 1.48. The lowest BCUT2D eigenvalue weighted by molar-refractivity contribution is 0.101. The number of rotatable bonds is 3. The van der Waals surface area contributed by atoms with Gasteiger partial charge in [0.2, 0.25) is 5.88 Å². The van der Waals surface area contributed by atoms with Gasteiger partial charge in [0.05, 0.1) is 18.9 Å². The largest absolute Gasteiger partial charge is 0.481 e. The van der Waals surface area contributed by atoms with Gasteiger partial charge in [-0.25, -0.2) is 0 Å². The number of Topliss-reactive ketones (excluding diaryl/α,β-unsaturated/α-hetero) is 1. The average Bonchev–Trinajstić information content (AvgIpc) is 2.41. The Hall–Kier alpha value is -2.21. The summed E-state index contributed by atoms with van der Waals surface area (Å²) in [6.07, 6.45) is 1.24. The molecule has 2 aromatic heterocycles. The molecule has 7 heteroatoms. The highest BCUT2D eigenvalue weighted by atomic mass is 35.5. The average molecular weight is 280 g/mol. The Labute approximate surface area is 113 Å². The van der Waals surface area contributed by atoms with Crippen molar-refractivity contribution >= 4 is 17.4 Å². The second-order valence-electron chi connectivity index (χ2n) is 3.68. The summed E-state index contributed by atoms with van der Waals surface area (Å²) in [5, 5.41) is 3.71. The Morgan fingerprint density at radius 2 is 2.16 bits per heavy atom. The minimum atomic E-state index is -0.602. The molecule has 0 amide bonds. The molecule has 0 unspecified atom stereocenters. The first-order chi connectivity index (χ1) is 9.04. The van der Waals surface area contributed by atoms with Crippen LogP contribution < -0.4 is 10.3 Å². The number of ether oxygens (including phenoxy) is 1. The highest BCUT2D eigenvalue weighted by Crippen LogP contribution is 2.12. The van der Waals surface area contributed by atoms with Crippen LogP contribution in [0.3, 0.4) is 0 Å². The molecule has 6 nitrogen and oxygen atoms in total. The van der Waals surface area contributed by atoms with E-state index in [9.17, 15) is 9.59 Å². The number of nitrogens with zero attached hydrogens (tertiary/aromatic N) is 3. The zero-order valence-electron chi connectivity index (χ0n) is 10.3. The van der Waals surface area contributed by atoms with Gasteiger partial charge in [-0.15, -0.1) is 0 Å². The van der Waals surface area contributed by atoms with E-state index in [1.165, 1.54) is 20.2 Å². The van der Waals surface area contributed by atoms with E-state index in [4.69, 9.17) is 16.3 Å². The Kier molecular flexibility index (Phi) is 3.62. The van der Waals surface area contributed by atoms with Crippen LogP contribution in [0.2, 0.25) is 5.02 Å². The number of aromatic nitrogens is 3. The van der Waals surface area contributed by atoms with Crippen LogP contribution in [0, 0.1) is 0 Å². The molecule has 0 bridgehead atoms. The molecule has 0 radical (unpaired) electrons. The Morgan fingerprint density at radius 3 is 2.79 bits per heavy atom. The van der Waals surface area contributed by atoms with Gasteiger partial charge in [-0.1, -0.05) is 17.7 Å². The molecule has 0 atom stereocenters. The molecule has 0 saturated carbocycles. The van der Waals surface area contributed by atoms with Gasteiger partial charge in [0.15, 0.2) is 11.6 Å². The summed E-state index contributed by atoms with van der Waals surface area (Å²) < 4.78 is 5.98. The quantitative estimate of drug-likeness (QED) is 0.796. The topological polar surface area (TPSA) is 74.1 Å². The smallest absolute Gasteiger partial charge is 0.292 e. The first-order valence-electron chi connectivity index (χ1n) is 5.34. The zero-order chi connectivity index (χ0) is 14.0. The lowest BCUT2D eigenvalue weighted by Crippen LogP contribution is -2.24. The van der Waals surface area contributed by atoms with Crippen LogP contribution >= 0.6 is 11.6 Å². The molecule has 0 aromatic carbocycles. The van der Waals surface area contributed by atoms with Crippen LogP contribution in [0.15, 0.2) is 29.2 Å². The van der Waals surface area contributed by atoms with E-state index < -0.39 is 5.56 Å². The van der Waals surface area contributed by atoms with Crippen molar-refractivity contribution in [2.75, 3.05) is 7.11 Å². The summed E-state index contributed by atoms with van der Waals surface area (Å²) in [5.41, 5.74) is -0.513. The number of carbonyl (C=O) groups is 1. The van der Waals surface area contributed by atoms with E-state index in [1.807, 2.05) is 0 Å². The minimum absolute atomic E-state index is 0.0887. The second-order valence-corrected chi connectivity index (χ2v) is 4.06. The molecule has 98 valence electrons. The highest BCUT2D eigenvalue weighted by molar-refractivity contribution is 6.33. The fraction of sp³-hybridized carbons (Fsp3) is 0.167. The Bertz CT molecular complexity index is 697. The van der Waals surface area contributed by atoms with E-state index in [2.05, 4.69) is 10.1 Å². The third-order valence-corrected chi connectivity index (χ3v) is 2.80. The van der Waals surface area contributed by atoms with Crippen LogP contribution in [0.5, 0.6) is 5.88 Å². The molecule has 0 aliphatic rings.